The van der Waals surface area contributed by atoms with Gasteiger partial charge in [0.25, 0.3) is 5.91 Å². The average molecular weight is 467 g/mol. The molecule has 1 aromatic carbocycles. The number of aromatic nitrogens is 6. The highest BCUT2D eigenvalue weighted by atomic mass is 16.1. The molecule has 0 aliphatic heterocycles. The Hall–Kier alpha value is -4.37. The van der Waals surface area contributed by atoms with Crippen LogP contribution in [0.15, 0.2) is 61.2 Å². The maximum Gasteiger partial charge on any atom is 0.269 e. The lowest BCUT2D eigenvalue weighted by Gasteiger charge is -2.11. The Balaban J connectivity index is 1.41. The molecule has 0 fully saturated rings. The molecule has 4 N–H and O–H groups in total. The van der Waals surface area contributed by atoms with E-state index in [2.05, 4.69) is 66.7 Å². The highest BCUT2D eigenvalue weighted by Crippen LogP contribution is 2.31. The molecule has 0 aliphatic rings. The molecule has 9 nitrogen and oxygen atoms in total. The maximum atomic E-state index is 12.6. The Morgan fingerprint density at radius 3 is 2.80 bits per heavy atom. The van der Waals surface area contributed by atoms with Gasteiger partial charge >= 0.3 is 0 Å². The van der Waals surface area contributed by atoms with E-state index in [0.29, 0.717) is 23.8 Å². The molecule has 176 valence electrons. The van der Waals surface area contributed by atoms with Crippen LogP contribution in [0.3, 0.4) is 0 Å². The maximum absolute atomic E-state index is 12.6. The first kappa shape index (κ1) is 22.4. The third kappa shape index (κ3) is 4.67. The summed E-state index contributed by atoms with van der Waals surface area (Å²) in [6.45, 7) is 6.22. The van der Waals surface area contributed by atoms with Crippen molar-refractivity contribution >= 4 is 16.8 Å². The smallest absolute Gasteiger partial charge is 0.269 e. The van der Waals surface area contributed by atoms with Crippen molar-refractivity contribution in [3.8, 4) is 22.6 Å². The summed E-state index contributed by atoms with van der Waals surface area (Å²) in [5, 5.41) is 14.7. The first-order valence-corrected chi connectivity index (χ1v) is 11.5. The van der Waals surface area contributed by atoms with E-state index in [1.807, 2.05) is 36.7 Å². The van der Waals surface area contributed by atoms with Crippen LogP contribution in [-0.4, -0.2) is 42.6 Å². The first-order chi connectivity index (χ1) is 17.1. The number of rotatable bonds is 8. The van der Waals surface area contributed by atoms with Crippen LogP contribution >= 0.6 is 0 Å². The second kappa shape index (κ2) is 9.86. The molecule has 0 radical (unpaired) electrons. The van der Waals surface area contributed by atoms with Crippen molar-refractivity contribution in [2.24, 2.45) is 0 Å². The summed E-state index contributed by atoms with van der Waals surface area (Å²) in [5.41, 5.74) is 7.16. The summed E-state index contributed by atoms with van der Waals surface area (Å²) in [7, 11) is 0. The summed E-state index contributed by atoms with van der Waals surface area (Å²) < 4.78 is 0. The van der Waals surface area contributed by atoms with E-state index < -0.39 is 0 Å². The normalized spacial score (nSPS) is 11.1. The number of imidazole rings is 1. The van der Waals surface area contributed by atoms with Gasteiger partial charge in [-0.2, -0.15) is 5.10 Å². The molecule has 4 heterocycles. The van der Waals surface area contributed by atoms with Gasteiger partial charge in [-0.05, 0) is 54.4 Å². The lowest BCUT2D eigenvalue weighted by Crippen LogP contribution is -2.23. The molecule has 9 heteroatoms. The minimum atomic E-state index is -0.255. The molecule has 4 aromatic heterocycles. The van der Waals surface area contributed by atoms with Gasteiger partial charge in [-0.3, -0.25) is 19.9 Å². The fourth-order valence-corrected chi connectivity index (χ4v) is 3.99. The number of hydrogen-bond donors (Lipinski definition) is 4. The standard InChI is InChI=1S/C26H26N8O/c1-3-27-11-18-12-28-14-21(16(18)2)17-7-8-22-20(10-17)24(34-33-22)25-30-15-23(32-25)26(35)31-13-19-6-4-5-9-29-19/h4-10,12,14-15,27H,3,11,13H2,1-2H3,(H,30,32)(H,31,35)(H,33,34). The Morgan fingerprint density at radius 2 is 1.97 bits per heavy atom. The van der Waals surface area contributed by atoms with Crippen LogP contribution in [0.25, 0.3) is 33.5 Å². The summed E-state index contributed by atoms with van der Waals surface area (Å²) in [5.74, 6) is 0.265. The number of nitrogens with one attached hydrogen (secondary N) is 4. The number of fused-ring (bicyclic) bond motifs is 1. The van der Waals surface area contributed by atoms with Gasteiger partial charge in [0.1, 0.15) is 11.4 Å². The Kier molecular flexibility index (Phi) is 6.32. The predicted octanol–water partition coefficient (Wildman–Crippen LogP) is 3.76. The van der Waals surface area contributed by atoms with Gasteiger partial charge in [-0.1, -0.05) is 19.1 Å². The van der Waals surface area contributed by atoms with Crippen molar-refractivity contribution in [2.45, 2.75) is 26.9 Å². The Labute approximate surface area is 202 Å². The van der Waals surface area contributed by atoms with Crippen molar-refractivity contribution in [1.82, 2.24) is 40.8 Å². The lowest BCUT2D eigenvalue weighted by atomic mass is 9.98. The van der Waals surface area contributed by atoms with Gasteiger partial charge in [0, 0.05) is 36.1 Å². The molecular weight excluding hydrogens is 440 g/mol. The van der Waals surface area contributed by atoms with E-state index in [9.17, 15) is 4.79 Å². The minimum Gasteiger partial charge on any atom is -0.345 e. The van der Waals surface area contributed by atoms with Crippen molar-refractivity contribution in [2.75, 3.05) is 6.54 Å². The number of amides is 1. The molecule has 0 aliphatic carbocycles. The van der Waals surface area contributed by atoms with Gasteiger partial charge in [0.2, 0.25) is 0 Å². The monoisotopic (exact) mass is 466 g/mol. The highest BCUT2D eigenvalue weighted by Gasteiger charge is 2.16. The number of hydrogen-bond acceptors (Lipinski definition) is 6. The molecule has 0 bridgehead atoms. The largest absolute Gasteiger partial charge is 0.345 e. The van der Waals surface area contributed by atoms with Crippen LogP contribution < -0.4 is 10.6 Å². The molecule has 0 unspecified atom stereocenters. The Bertz CT molecular complexity index is 1470. The zero-order valence-corrected chi connectivity index (χ0v) is 19.6. The quantitative estimate of drug-likeness (QED) is 0.276. The summed E-state index contributed by atoms with van der Waals surface area (Å²) in [6, 6.07) is 11.7. The Morgan fingerprint density at radius 1 is 1.06 bits per heavy atom. The summed E-state index contributed by atoms with van der Waals surface area (Å²) in [6.07, 6.45) is 7.02. The topological polar surface area (TPSA) is 124 Å². The molecule has 0 spiro atoms. The van der Waals surface area contributed by atoms with Gasteiger partial charge in [-0.25, -0.2) is 4.98 Å². The van der Waals surface area contributed by atoms with Crippen molar-refractivity contribution in [3.05, 3.63) is 83.7 Å². The second-order valence-corrected chi connectivity index (χ2v) is 8.23. The number of pyridine rings is 2. The highest BCUT2D eigenvalue weighted by molar-refractivity contribution is 5.96. The molecule has 0 saturated carbocycles. The van der Waals surface area contributed by atoms with Crippen LogP contribution in [0.5, 0.6) is 0 Å². The predicted molar refractivity (Wildman–Crippen MR) is 134 cm³/mol. The third-order valence-corrected chi connectivity index (χ3v) is 5.96. The molecule has 5 rings (SSSR count). The molecule has 35 heavy (non-hydrogen) atoms. The molecule has 1 amide bonds. The number of carbonyl (C=O) groups excluding carboxylic acids is 1. The van der Waals surface area contributed by atoms with Crippen molar-refractivity contribution in [1.29, 1.82) is 0 Å². The molecule has 0 saturated heterocycles. The van der Waals surface area contributed by atoms with Gasteiger partial charge < -0.3 is 15.6 Å². The van der Waals surface area contributed by atoms with E-state index in [1.165, 1.54) is 17.3 Å². The molecule has 5 aromatic rings. The third-order valence-electron chi connectivity index (χ3n) is 5.96. The van der Waals surface area contributed by atoms with Crippen LogP contribution in [0.2, 0.25) is 0 Å². The van der Waals surface area contributed by atoms with Crippen LogP contribution in [-0.2, 0) is 13.1 Å². The van der Waals surface area contributed by atoms with Gasteiger partial charge in [0.15, 0.2) is 5.82 Å². The zero-order valence-electron chi connectivity index (χ0n) is 19.6. The lowest BCUT2D eigenvalue weighted by molar-refractivity contribution is 0.0946. The SMILES string of the molecule is CCNCc1cncc(-c2ccc3[nH]nc(-c4ncc(C(=O)NCc5ccccn5)[nH]4)c3c2)c1C. The molecule has 0 atom stereocenters. The van der Waals surface area contributed by atoms with Crippen molar-refractivity contribution in [3.63, 3.8) is 0 Å². The fourth-order valence-electron chi connectivity index (χ4n) is 3.99. The molecular formula is C26H26N8O. The van der Waals surface area contributed by atoms with Gasteiger partial charge in [0.05, 0.1) is 24.0 Å². The average Bonchev–Trinajstić information content (AvgIpc) is 3.54. The van der Waals surface area contributed by atoms with Crippen LogP contribution in [0.1, 0.15) is 34.2 Å². The fraction of sp³-hybridized carbons (Fsp3) is 0.192. The first-order valence-electron chi connectivity index (χ1n) is 11.5. The number of benzene rings is 1. The van der Waals surface area contributed by atoms with E-state index in [4.69, 9.17) is 0 Å². The van der Waals surface area contributed by atoms with Crippen LogP contribution in [0.4, 0.5) is 0 Å². The number of carbonyl (C=O) groups is 1. The second-order valence-electron chi connectivity index (χ2n) is 8.23. The van der Waals surface area contributed by atoms with Gasteiger partial charge in [-0.15, -0.1) is 0 Å². The number of nitrogens with zero attached hydrogens (tertiary/aromatic N) is 4. The number of H-pyrrole nitrogens is 2. The minimum absolute atomic E-state index is 0.255. The summed E-state index contributed by atoms with van der Waals surface area (Å²) >= 11 is 0. The van der Waals surface area contributed by atoms with E-state index in [-0.39, 0.29) is 5.91 Å². The van der Waals surface area contributed by atoms with Crippen molar-refractivity contribution < 1.29 is 4.79 Å². The van der Waals surface area contributed by atoms with E-state index in [0.717, 1.165) is 40.8 Å². The zero-order chi connectivity index (χ0) is 24.2. The van der Waals surface area contributed by atoms with Crippen LogP contribution in [0, 0.1) is 6.92 Å². The van der Waals surface area contributed by atoms with E-state index in [1.54, 1.807) is 6.20 Å². The number of aromatic amines is 2. The summed E-state index contributed by atoms with van der Waals surface area (Å²) in [4.78, 5) is 28.8. The van der Waals surface area contributed by atoms with E-state index >= 15 is 0 Å².